The van der Waals surface area contributed by atoms with Crippen LogP contribution in [0.3, 0.4) is 0 Å². The minimum Gasteiger partial charge on any atom is -0.395 e. The van der Waals surface area contributed by atoms with Gasteiger partial charge in [0.2, 0.25) is 0 Å². The van der Waals surface area contributed by atoms with E-state index in [0.717, 1.165) is 19.3 Å². The van der Waals surface area contributed by atoms with Crippen molar-refractivity contribution in [3.8, 4) is 0 Å². The predicted octanol–water partition coefficient (Wildman–Crippen LogP) is 2.40. The molecule has 9 heteroatoms. The summed E-state index contributed by atoms with van der Waals surface area (Å²) in [6.07, 6.45) is 9.71. The van der Waals surface area contributed by atoms with E-state index in [-0.39, 0.29) is 19.8 Å². The molecule has 0 saturated carbocycles. The van der Waals surface area contributed by atoms with E-state index in [1.165, 1.54) is 32.1 Å². The van der Waals surface area contributed by atoms with E-state index in [4.69, 9.17) is 23.7 Å². The Labute approximate surface area is 171 Å². The third-order valence-electron chi connectivity index (χ3n) is 4.54. The first-order valence-corrected chi connectivity index (χ1v) is 12.0. The fourth-order valence-corrected chi connectivity index (χ4v) is 3.56. The molecule has 0 aromatic carbocycles. The van der Waals surface area contributed by atoms with Crippen molar-refractivity contribution in [2.75, 3.05) is 46.1 Å². The quantitative estimate of drug-likeness (QED) is 0.189. The van der Waals surface area contributed by atoms with E-state index < -0.39 is 16.5 Å². The summed E-state index contributed by atoms with van der Waals surface area (Å²) in [5.41, 5.74) is 0. The number of ether oxygens (including phenoxy) is 1. The smallest absolute Gasteiger partial charge is 0.395 e. The van der Waals surface area contributed by atoms with Crippen LogP contribution in [0.1, 0.15) is 71.1 Å². The van der Waals surface area contributed by atoms with Crippen LogP contribution in [-0.2, 0) is 19.3 Å². The highest BCUT2D eigenvalue weighted by Crippen LogP contribution is 2.13. The third kappa shape index (κ3) is 19.0. The highest BCUT2D eigenvalue weighted by molar-refractivity contribution is 7.80. The van der Waals surface area contributed by atoms with Gasteiger partial charge in [0.25, 0.3) is 0 Å². The number of aliphatic hydroxyl groups is 2. The fourth-order valence-electron chi connectivity index (χ4n) is 3.06. The van der Waals surface area contributed by atoms with Crippen LogP contribution in [0.25, 0.3) is 0 Å². The van der Waals surface area contributed by atoms with Gasteiger partial charge in [0.1, 0.15) is 6.10 Å². The molecule has 0 aromatic heterocycles. The highest BCUT2D eigenvalue weighted by Gasteiger charge is 2.17. The molecule has 3 N–H and O–H groups in total. The molecule has 0 radical (unpaired) electrons. The van der Waals surface area contributed by atoms with Crippen LogP contribution < -0.4 is 0 Å². The zero-order chi connectivity index (χ0) is 21.1. The van der Waals surface area contributed by atoms with E-state index in [1.54, 1.807) is 0 Å². The summed E-state index contributed by atoms with van der Waals surface area (Å²) < 4.78 is 41.2. The van der Waals surface area contributed by atoms with Gasteiger partial charge >= 0.3 is 10.4 Å². The Bertz CT molecular complexity index is 428. The Hall–Kier alpha value is -0.290. The second kappa shape index (κ2) is 18.7. The van der Waals surface area contributed by atoms with Gasteiger partial charge in [-0.1, -0.05) is 58.3 Å². The highest BCUT2D eigenvalue weighted by atomic mass is 32.3. The van der Waals surface area contributed by atoms with Crippen molar-refractivity contribution in [1.82, 2.24) is 4.90 Å². The normalized spacial score (nSPS) is 13.3. The number of unbranched alkanes of at least 4 members (excludes halogenated alkanes) is 7. The van der Waals surface area contributed by atoms with Gasteiger partial charge in [-0.15, -0.1) is 0 Å². The molecular formula is C19H41NO7S. The lowest BCUT2D eigenvalue weighted by Gasteiger charge is -2.20. The first-order valence-electron chi connectivity index (χ1n) is 10.6. The molecular weight excluding hydrogens is 386 g/mol. The summed E-state index contributed by atoms with van der Waals surface area (Å²) in [5.74, 6) is 0. The second-order valence-electron chi connectivity index (χ2n) is 7.13. The third-order valence-corrected chi connectivity index (χ3v) is 5.05. The van der Waals surface area contributed by atoms with Crippen LogP contribution >= 0.6 is 0 Å². The average molecular weight is 428 g/mol. The van der Waals surface area contributed by atoms with Crippen LogP contribution in [0.15, 0.2) is 0 Å². The summed E-state index contributed by atoms with van der Waals surface area (Å²) in [7, 11) is -4.50. The van der Waals surface area contributed by atoms with Gasteiger partial charge in [-0.05, 0) is 12.8 Å². The average Bonchev–Trinajstić information content (AvgIpc) is 2.62. The molecule has 0 aliphatic carbocycles. The predicted molar refractivity (Wildman–Crippen MR) is 110 cm³/mol. The summed E-state index contributed by atoms with van der Waals surface area (Å²) in [4.78, 5) is 1.93. The van der Waals surface area contributed by atoms with Gasteiger partial charge < -0.3 is 14.9 Å². The van der Waals surface area contributed by atoms with Gasteiger partial charge in [0.05, 0.1) is 19.8 Å². The van der Waals surface area contributed by atoms with Crippen molar-refractivity contribution in [2.24, 2.45) is 0 Å². The molecule has 0 spiro atoms. The molecule has 0 saturated heterocycles. The number of hydrogen-bond donors (Lipinski definition) is 3. The summed E-state index contributed by atoms with van der Waals surface area (Å²) in [6.45, 7) is 4.43. The van der Waals surface area contributed by atoms with Crippen LogP contribution in [0.2, 0.25) is 0 Å². The van der Waals surface area contributed by atoms with Gasteiger partial charge in [-0.2, -0.15) is 8.42 Å². The van der Waals surface area contributed by atoms with E-state index in [2.05, 4.69) is 6.92 Å². The Morgan fingerprint density at radius 1 is 0.857 bits per heavy atom. The second-order valence-corrected chi connectivity index (χ2v) is 8.17. The van der Waals surface area contributed by atoms with E-state index in [0.29, 0.717) is 39.1 Å². The van der Waals surface area contributed by atoms with Crippen molar-refractivity contribution in [1.29, 1.82) is 0 Å². The summed E-state index contributed by atoms with van der Waals surface area (Å²) >= 11 is 0. The maximum Gasteiger partial charge on any atom is 0.397 e. The molecule has 0 aromatic rings. The van der Waals surface area contributed by atoms with Crippen molar-refractivity contribution in [3.63, 3.8) is 0 Å². The minimum atomic E-state index is -4.50. The lowest BCUT2D eigenvalue weighted by Crippen LogP contribution is -2.31. The lowest BCUT2D eigenvalue weighted by atomic mass is 10.1. The molecule has 1 unspecified atom stereocenters. The molecule has 0 aliphatic rings. The van der Waals surface area contributed by atoms with Crippen LogP contribution in [0, 0.1) is 0 Å². The minimum absolute atomic E-state index is 0.0315. The molecule has 0 aliphatic heterocycles. The summed E-state index contributed by atoms with van der Waals surface area (Å²) in [6, 6.07) is 0. The number of aliphatic hydroxyl groups excluding tert-OH is 2. The topological polar surface area (TPSA) is 117 Å². The Kier molecular flexibility index (Phi) is 18.5. The van der Waals surface area contributed by atoms with Crippen LogP contribution in [0.4, 0.5) is 0 Å². The van der Waals surface area contributed by atoms with Crippen molar-refractivity contribution in [2.45, 2.75) is 77.2 Å². The Balaban J connectivity index is 3.99. The van der Waals surface area contributed by atoms with Gasteiger partial charge in [0, 0.05) is 26.2 Å². The van der Waals surface area contributed by atoms with Crippen molar-refractivity contribution < 1.29 is 32.1 Å². The maximum atomic E-state index is 11.0. The largest absolute Gasteiger partial charge is 0.397 e. The zero-order valence-corrected chi connectivity index (χ0v) is 18.2. The van der Waals surface area contributed by atoms with Gasteiger partial charge in [-0.3, -0.25) is 9.45 Å². The van der Waals surface area contributed by atoms with Crippen molar-refractivity contribution >= 4 is 10.4 Å². The molecule has 8 nitrogen and oxygen atoms in total. The number of nitrogens with zero attached hydrogens (tertiary/aromatic N) is 1. The molecule has 0 amide bonds. The molecule has 0 heterocycles. The first-order chi connectivity index (χ1) is 13.4. The molecule has 0 fully saturated rings. The van der Waals surface area contributed by atoms with E-state index in [9.17, 15) is 8.42 Å². The Morgan fingerprint density at radius 3 is 1.96 bits per heavy atom. The molecule has 28 heavy (non-hydrogen) atoms. The number of hydrogen-bond acceptors (Lipinski definition) is 7. The number of rotatable bonds is 21. The first kappa shape index (κ1) is 27.7. The van der Waals surface area contributed by atoms with Gasteiger partial charge in [-0.25, -0.2) is 4.18 Å². The van der Waals surface area contributed by atoms with Crippen LogP contribution in [0.5, 0.6) is 0 Å². The van der Waals surface area contributed by atoms with Crippen LogP contribution in [-0.4, -0.2) is 80.2 Å². The van der Waals surface area contributed by atoms with E-state index in [1.807, 2.05) is 4.90 Å². The standard InChI is InChI=1S/C19H41NO7S/c1-2-3-4-5-6-7-8-9-11-19(27-28(23,24)25)18-26-17-10-12-20(13-15-21)14-16-22/h19,21-22H,2-18H2,1H3,(H,23,24,25). The van der Waals surface area contributed by atoms with E-state index >= 15 is 0 Å². The SMILES string of the molecule is CCCCCCCCCCC(COCCCN(CCO)CCO)OS(=O)(=O)O. The van der Waals surface area contributed by atoms with Crippen molar-refractivity contribution in [3.05, 3.63) is 0 Å². The summed E-state index contributed by atoms with van der Waals surface area (Å²) in [5, 5.41) is 17.9. The lowest BCUT2D eigenvalue weighted by molar-refractivity contribution is 0.0368. The van der Waals surface area contributed by atoms with Gasteiger partial charge in [0.15, 0.2) is 0 Å². The molecule has 0 bridgehead atoms. The fraction of sp³-hybridized carbons (Fsp3) is 1.00. The molecule has 1 atom stereocenters. The molecule has 0 rings (SSSR count). The monoisotopic (exact) mass is 427 g/mol. The molecule has 170 valence electrons. The Morgan fingerprint density at radius 2 is 1.43 bits per heavy atom. The maximum absolute atomic E-state index is 11.0. The zero-order valence-electron chi connectivity index (χ0n) is 17.4.